The molecule has 0 aromatic heterocycles. The number of unbranched alkanes of at least 4 members (excludes halogenated alkanes) is 21. The molecule has 6 heteroatoms. The summed E-state index contributed by atoms with van der Waals surface area (Å²) in [7, 11) is -1.59. The topological polar surface area (TPSA) is 63.6 Å². The molecular formula is C27H59CrO4Si. The first kappa shape index (κ1) is 33.3. The number of rotatable bonds is 27. The van der Waals surface area contributed by atoms with Crippen LogP contribution in [0.25, 0.3) is 0 Å². The molecule has 0 heterocycles. The van der Waals surface area contributed by atoms with Gasteiger partial charge in [0.2, 0.25) is 0 Å². The van der Waals surface area contributed by atoms with Crippen LogP contribution in [-0.2, 0) is 23.3 Å². The van der Waals surface area contributed by atoms with Crippen molar-refractivity contribution in [3.63, 3.8) is 0 Å². The van der Waals surface area contributed by atoms with Gasteiger partial charge in [0.05, 0.1) is 0 Å². The van der Waals surface area contributed by atoms with Crippen LogP contribution in [0.1, 0.15) is 162 Å². The molecule has 0 aliphatic heterocycles. The molecule has 0 amide bonds. The van der Waals surface area contributed by atoms with E-state index in [2.05, 4.69) is 13.8 Å². The van der Waals surface area contributed by atoms with Gasteiger partial charge in [-0.2, -0.15) is 0 Å². The molecule has 0 bridgehead atoms. The van der Waals surface area contributed by atoms with Crippen molar-refractivity contribution in [3.8, 4) is 0 Å². The maximum atomic E-state index is 12.3. The van der Waals surface area contributed by atoms with Crippen molar-refractivity contribution in [1.82, 2.24) is 0 Å². The number of hydrogen-bond acceptors (Lipinski definition) is 3. The number of hydrogen-bond donors (Lipinski definition) is 1. The second kappa shape index (κ2) is 22.7. The van der Waals surface area contributed by atoms with E-state index >= 15 is 0 Å². The molecule has 0 spiro atoms. The average molecular weight is 528 g/mol. The Bertz CT molecular complexity index is 532. The molecule has 0 aliphatic rings. The Morgan fingerprint density at radius 1 is 0.515 bits per heavy atom. The third-order valence-corrected chi connectivity index (χ3v) is 14.3. The first-order chi connectivity index (χ1) is 15.9. The van der Waals surface area contributed by atoms with E-state index in [0.29, 0.717) is 6.04 Å². The molecular weight excluding hydrogens is 468 g/mol. The minimum Gasteiger partial charge on any atom is -0.0654 e. The molecule has 4 nitrogen and oxygen atoms in total. The van der Waals surface area contributed by atoms with Crippen molar-refractivity contribution in [2.75, 3.05) is 6.61 Å². The molecule has 0 saturated heterocycles. The average Bonchev–Trinajstić information content (AvgIpc) is 2.77. The summed E-state index contributed by atoms with van der Waals surface area (Å²) in [5, 5.41) is 0. The van der Waals surface area contributed by atoms with Crippen LogP contribution in [0.3, 0.4) is 0 Å². The Morgan fingerprint density at radius 2 is 0.818 bits per heavy atom. The van der Waals surface area contributed by atoms with Gasteiger partial charge in [-0.25, -0.2) is 0 Å². The van der Waals surface area contributed by atoms with Crippen LogP contribution in [0.15, 0.2) is 0 Å². The molecule has 0 radical (unpaired) electrons. The molecule has 0 aliphatic carbocycles. The first-order valence-electron chi connectivity index (χ1n) is 14.7. The van der Waals surface area contributed by atoms with Crippen molar-refractivity contribution >= 4 is 8.08 Å². The summed E-state index contributed by atoms with van der Waals surface area (Å²) in [6.45, 7) is 4.68. The first-order valence-corrected chi connectivity index (χ1v) is 21.1. The van der Waals surface area contributed by atoms with Crippen molar-refractivity contribution in [2.45, 2.75) is 168 Å². The quantitative estimate of drug-likeness (QED) is 0.0857. The Balaban J connectivity index is 3.47. The summed E-state index contributed by atoms with van der Waals surface area (Å²) in [5.74, 6) is 0. The van der Waals surface area contributed by atoms with Crippen molar-refractivity contribution in [3.05, 3.63) is 0 Å². The Labute approximate surface area is 209 Å². The third kappa shape index (κ3) is 26.7. The zero-order chi connectivity index (χ0) is 24.5. The predicted molar refractivity (Wildman–Crippen MR) is 140 cm³/mol. The molecule has 33 heavy (non-hydrogen) atoms. The van der Waals surface area contributed by atoms with Gasteiger partial charge in [0.15, 0.2) is 0 Å². The minimum atomic E-state index is -5.66. The summed E-state index contributed by atoms with van der Waals surface area (Å²) < 4.78 is 39.6. The monoisotopic (exact) mass is 527 g/mol. The van der Waals surface area contributed by atoms with E-state index in [-0.39, 0.29) is 6.61 Å². The fourth-order valence-electron chi connectivity index (χ4n) is 4.41. The van der Waals surface area contributed by atoms with E-state index in [1.54, 1.807) is 0 Å². The SMILES string of the molecule is CCCCCCCCCCCCCC[O][Cr](=[O])(=[O])([OH])[SiH2]CCCCCCCCCCCCC. The molecule has 0 rings (SSSR count). The van der Waals surface area contributed by atoms with Gasteiger partial charge >= 0.3 is 177 Å². The molecule has 201 valence electrons. The molecule has 0 unspecified atom stereocenters. The minimum absolute atomic E-state index is 0.173. The van der Waals surface area contributed by atoms with Gasteiger partial charge in [-0.05, 0) is 0 Å². The smallest absolute Gasteiger partial charge is 0.0654 e. The summed E-state index contributed by atoms with van der Waals surface area (Å²) in [6, 6.07) is 0.652. The van der Waals surface area contributed by atoms with E-state index in [4.69, 9.17) is 3.79 Å². The van der Waals surface area contributed by atoms with Crippen LogP contribution in [0.5, 0.6) is 0 Å². The van der Waals surface area contributed by atoms with Crippen LogP contribution in [0, 0.1) is 0 Å². The van der Waals surface area contributed by atoms with Gasteiger partial charge in [0.1, 0.15) is 0 Å². The summed E-state index contributed by atoms with van der Waals surface area (Å²) in [6.07, 6.45) is 28.7. The van der Waals surface area contributed by atoms with E-state index in [9.17, 15) is 11.8 Å². The third-order valence-electron chi connectivity index (χ3n) is 6.65. The molecule has 0 aromatic rings. The summed E-state index contributed by atoms with van der Waals surface area (Å²) in [4.78, 5) is 0. The Hall–Kier alpha value is 0.269. The Kier molecular flexibility index (Phi) is 22.9. The second-order valence-corrected chi connectivity index (χ2v) is 20.4. The van der Waals surface area contributed by atoms with Crippen LogP contribution in [0.4, 0.5) is 0 Å². The molecule has 0 aromatic carbocycles. The van der Waals surface area contributed by atoms with Crippen molar-refractivity contribution in [1.29, 1.82) is 0 Å². The van der Waals surface area contributed by atoms with Gasteiger partial charge in [-0.15, -0.1) is 0 Å². The van der Waals surface area contributed by atoms with Gasteiger partial charge in [0, 0.05) is 0 Å². The van der Waals surface area contributed by atoms with Crippen LogP contribution < -0.4 is 0 Å². The zero-order valence-corrected chi connectivity index (χ0v) is 25.2. The molecule has 0 fully saturated rings. The van der Waals surface area contributed by atoms with Crippen molar-refractivity contribution < 1.29 is 27.4 Å². The molecule has 0 atom stereocenters. The fourth-order valence-corrected chi connectivity index (χ4v) is 10.5. The van der Waals surface area contributed by atoms with Crippen LogP contribution in [-0.4, -0.2) is 18.8 Å². The maximum absolute atomic E-state index is 12.3. The van der Waals surface area contributed by atoms with Gasteiger partial charge in [-0.1, -0.05) is 33.1 Å². The van der Waals surface area contributed by atoms with Gasteiger partial charge in [-0.3, -0.25) is 0 Å². The van der Waals surface area contributed by atoms with E-state index in [1.807, 2.05) is 0 Å². The van der Waals surface area contributed by atoms with Crippen LogP contribution >= 0.6 is 0 Å². The van der Waals surface area contributed by atoms with E-state index < -0.39 is 20.0 Å². The van der Waals surface area contributed by atoms with E-state index in [1.165, 1.54) is 116 Å². The standard InChI is InChI=1S/C14H29O.C13H29Si.Cr.H2O.2O/c1-2-3-4-5-6-7-8-9-10-11-12-13-14-15;1-2-3-4-5-6-7-8-9-10-11-12-13-14;;;;/h2-14H2,1H3;2-14H2,1H3;;1H2;;/q-1;;+2;;;/p-1. The molecule has 1 N–H and O–H groups in total. The van der Waals surface area contributed by atoms with Gasteiger partial charge < -0.3 is 0 Å². The Morgan fingerprint density at radius 3 is 1.18 bits per heavy atom. The fraction of sp³-hybridized carbons (Fsp3) is 1.00. The molecule has 0 saturated carbocycles. The summed E-state index contributed by atoms with van der Waals surface area (Å²) in [5.41, 5.74) is 0. The predicted octanol–water partition coefficient (Wildman–Crippen LogP) is 8.72. The second-order valence-electron chi connectivity index (χ2n) is 10.2. The summed E-state index contributed by atoms with van der Waals surface area (Å²) >= 11 is -5.66. The normalized spacial score (nSPS) is 13.6. The van der Waals surface area contributed by atoms with Crippen molar-refractivity contribution in [2.24, 2.45) is 0 Å². The zero-order valence-electron chi connectivity index (χ0n) is 22.5. The van der Waals surface area contributed by atoms with E-state index in [0.717, 1.165) is 32.1 Å². The van der Waals surface area contributed by atoms with Gasteiger partial charge in [0.25, 0.3) is 0 Å². The van der Waals surface area contributed by atoms with Crippen LogP contribution in [0.2, 0.25) is 6.04 Å².